The maximum atomic E-state index is 13.5. The van der Waals surface area contributed by atoms with Gasteiger partial charge >= 0.3 is 18.5 Å². The number of aromatic hydroxyl groups is 1. The van der Waals surface area contributed by atoms with Crippen molar-refractivity contribution >= 4 is 21.8 Å². The van der Waals surface area contributed by atoms with Crippen molar-refractivity contribution in [1.29, 1.82) is 5.26 Å². The standard InChI is InChI=1S/C17H7F9N2O/c18-15(19,20)14(16(21,22)23,17(24,25)26)11-5-10-9-4-8(29)1-2-12(9)28-13(10)3-7(11)6-27/h1-5,28-29H. The number of H-pyrrole nitrogens is 1. The number of phenols is 1. The average molecular weight is 426 g/mol. The van der Waals surface area contributed by atoms with E-state index in [9.17, 15) is 44.6 Å². The number of benzene rings is 2. The number of fused-ring (bicyclic) bond motifs is 3. The predicted molar refractivity (Wildman–Crippen MR) is 82.0 cm³/mol. The van der Waals surface area contributed by atoms with E-state index in [0.29, 0.717) is 6.07 Å². The molecule has 29 heavy (non-hydrogen) atoms. The maximum absolute atomic E-state index is 13.5. The van der Waals surface area contributed by atoms with E-state index in [0.717, 1.165) is 18.2 Å². The van der Waals surface area contributed by atoms with Crippen molar-refractivity contribution in [2.75, 3.05) is 0 Å². The molecule has 0 saturated carbocycles. The lowest BCUT2D eigenvalue weighted by molar-refractivity contribution is -0.387. The summed E-state index contributed by atoms with van der Waals surface area (Å²) in [5.41, 5.74) is -10.1. The number of rotatable bonds is 1. The highest BCUT2D eigenvalue weighted by molar-refractivity contribution is 6.08. The molecule has 0 atom stereocenters. The summed E-state index contributed by atoms with van der Waals surface area (Å²) in [7, 11) is 0. The van der Waals surface area contributed by atoms with Gasteiger partial charge in [-0.05, 0) is 30.3 Å². The first-order valence-electron chi connectivity index (χ1n) is 7.54. The van der Waals surface area contributed by atoms with E-state index < -0.39 is 46.2 Å². The van der Waals surface area contributed by atoms with Gasteiger partial charge in [0.15, 0.2) is 0 Å². The molecular weight excluding hydrogens is 419 g/mol. The summed E-state index contributed by atoms with van der Waals surface area (Å²) >= 11 is 0. The summed E-state index contributed by atoms with van der Waals surface area (Å²) in [6.07, 6.45) is -20.6. The minimum Gasteiger partial charge on any atom is -0.508 e. The Hall–Kier alpha value is -3.10. The van der Waals surface area contributed by atoms with Crippen LogP contribution in [0.25, 0.3) is 21.8 Å². The van der Waals surface area contributed by atoms with E-state index in [4.69, 9.17) is 5.26 Å². The van der Waals surface area contributed by atoms with Gasteiger partial charge in [-0.3, -0.25) is 0 Å². The van der Waals surface area contributed by atoms with Crippen LogP contribution in [0.3, 0.4) is 0 Å². The van der Waals surface area contributed by atoms with E-state index in [1.807, 2.05) is 0 Å². The molecule has 1 heterocycles. The Kier molecular flexibility index (Phi) is 4.23. The van der Waals surface area contributed by atoms with Crippen LogP contribution in [0.5, 0.6) is 5.75 Å². The zero-order chi connectivity index (χ0) is 22.0. The fourth-order valence-corrected chi connectivity index (χ4v) is 3.28. The second kappa shape index (κ2) is 5.95. The molecule has 0 aliphatic heterocycles. The van der Waals surface area contributed by atoms with Gasteiger partial charge in [-0.2, -0.15) is 44.8 Å². The minimum atomic E-state index is -6.85. The zero-order valence-electron chi connectivity index (χ0n) is 13.7. The monoisotopic (exact) mass is 426 g/mol. The van der Waals surface area contributed by atoms with E-state index in [2.05, 4.69) is 4.98 Å². The fourth-order valence-electron chi connectivity index (χ4n) is 3.28. The Morgan fingerprint density at radius 1 is 0.759 bits per heavy atom. The van der Waals surface area contributed by atoms with Gasteiger partial charge in [-0.1, -0.05) is 0 Å². The molecule has 0 bridgehead atoms. The molecule has 3 aromatic rings. The van der Waals surface area contributed by atoms with Crippen molar-refractivity contribution in [3.05, 3.63) is 41.5 Å². The van der Waals surface area contributed by atoms with Gasteiger partial charge in [0, 0.05) is 27.4 Å². The third-order valence-electron chi connectivity index (χ3n) is 4.52. The first-order chi connectivity index (χ1) is 13.1. The zero-order valence-corrected chi connectivity index (χ0v) is 13.7. The van der Waals surface area contributed by atoms with Gasteiger partial charge in [0.1, 0.15) is 5.75 Å². The lowest BCUT2D eigenvalue weighted by Crippen LogP contribution is -2.63. The summed E-state index contributed by atoms with van der Waals surface area (Å²) in [5.74, 6) is -0.418. The van der Waals surface area contributed by atoms with E-state index in [-0.39, 0.29) is 22.5 Å². The largest absolute Gasteiger partial charge is 0.508 e. The smallest absolute Gasteiger partial charge is 0.416 e. The predicted octanol–water partition coefficient (Wildman–Crippen LogP) is 5.82. The SMILES string of the molecule is N#Cc1cc2[nH]c3ccc(O)cc3c2cc1C(C(F)(F)F)(C(F)(F)F)C(F)(F)F. The second-order valence-electron chi connectivity index (χ2n) is 6.15. The number of aromatic amines is 1. The van der Waals surface area contributed by atoms with Crippen LogP contribution < -0.4 is 0 Å². The van der Waals surface area contributed by atoms with Gasteiger partial charge in [-0.25, -0.2) is 0 Å². The second-order valence-corrected chi connectivity index (χ2v) is 6.15. The number of nitriles is 1. The van der Waals surface area contributed by atoms with Crippen LogP contribution >= 0.6 is 0 Å². The minimum absolute atomic E-state index is 0.0423. The van der Waals surface area contributed by atoms with Crippen LogP contribution in [0.4, 0.5) is 39.5 Å². The summed E-state index contributed by atoms with van der Waals surface area (Å²) in [5, 5.41) is 18.0. The van der Waals surface area contributed by atoms with Crippen LogP contribution in [0, 0.1) is 11.3 Å². The number of phenolic OH excluding ortho intramolecular Hbond substituents is 1. The molecule has 0 amide bonds. The summed E-state index contributed by atoms with van der Waals surface area (Å²) < 4.78 is 121. The lowest BCUT2D eigenvalue weighted by atomic mass is 9.75. The highest BCUT2D eigenvalue weighted by Crippen LogP contribution is 2.61. The Balaban J connectivity index is 2.57. The van der Waals surface area contributed by atoms with E-state index in [1.165, 1.54) is 6.07 Å². The maximum Gasteiger partial charge on any atom is 0.416 e. The highest BCUT2D eigenvalue weighted by Gasteiger charge is 2.84. The van der Waals surface area contributed by atoms with Crippen LogP contribution in [-0.2, 0) is 5.41 Å². The topological polar surface area (TPSA) is 59.8 Å². The number of nitrogens with one attached hydrogen (secondary N) is 1. The van der Waals surface area contributed by atoms with Crippen molar-refractivity contribution in [1.82, 2.24) is 4.98 Å². The molecule has 3 nitrogen and oxygen atoms in total. The third-order valence-corrected chi connectivity index (χ3v) is 4.52. The molecule has 0 saturated heterocycles. The average Bonchev–Trinajstić information content (AvgIpc) is 2.87. The molecule has 1 aromatic heterocycles. The number of alkyl halides is 9. The summed E-state index contributed by atoms with van der Waals surface area (Å²) in [4.78, 5) is 2.57. The molecule has 0 unspecified atom stereocenters. The lowest BCUT2D eigenvalue weighted by Gasteiger charge is -2.39. The van der Waals surface area contributed by atoms with Crippen LogP contribution in [0.15, 0.2) is 30.3 Å². The molecule has 3 rings (SSSR count). The van der Waals surface area contributed by atoms with Crippen molar-refractivity contribution < 1.29 is 44.6 Å². The van der Waals surface area contributed by atoms with E-state index >= 15 is 0 Å². The summed E-state index contributed by atoms with van der Waals surface area (Å²) in [6, 6.07) is 4.85. The van der Waals surface area contributed by atoms with Crippen molar-refractivity contribution in [3.8, 4) is 11.8 Å². The van der Waals surface area contributed by atoms with Crippen LogP contribution in [0.1, 0.15) is 11.1 Å². The number of halogens is 9. The third kappa shape index (κ3) is 2.75. The van der Waals surface area contributed by atoms with Crippen LogP contribution in [0.2, 0.25) is 0 Å². The Labute approximate surface area is 155 Å². The molecule has 2 aromatic carbocycles. The molecule has 0 aliphatic rings. The normalized spacial score (nSPS) is 13.8. The molecule has 2 N–H and O–H groups in total. The van der Waals surface area contributed by atoms with Crippen molar-refractivity contribution in [3.63, 3.8) is 0 Å². The van der Waals surface area contributed by atoms with Crippen molar-refractivity contribution in [2.24, 2.45) is 0 Å². The van der Waals surface area contributed by atoms with Gasteiger partial charge in [0.25, 0.3) is 5.41 Å². The molecule has 0 spiro atoms. The quantitative estimate of drug-likeness (QED) is 0.482. The van der Waals surface area contributed by atoms with Gasteiger partial charge in [-0.15, -0.1) is 0 Å². The molecule has 154 valence electrons. The number of aromatic nitrogens is 1. The molecular formula is C17H7F9N2O. The Bertz CT molecular complexity index is 1110. The molecule has 12 heteroatoms. The number of hydrogen-bond donors (Lipinski definition) is 2. The number of nitrogens with zero attached hydrogens (tertiary/aromatic N) is 1. The van der Waals surface area contributed by atoms with Gasteiger partial charge in [0.05, 0.1) is 11.6 Å². The van der Waals surface area contributed by atoms with Crippen molar-refractivity contribution in [2.45, 2.75) is 23.9 Å². The van der Waals surface area contributed by atoms with Crippen LogP contribution in [-0.4, -0.2) is 28.6 Å². The van der Waals surface area contributed by atoms with Gasteiger partial charge < -0.3 is 10.1 Å². The highest BCUT2D eigenvalue weighted by atomic mass is 19.4. The Morgan fingerprint density at radius 3 is 1.76 bits per heavy atom. The van der Waals surface area contributed by atoms with E-state index in [1.54, 1.807) is 0 Å². The molecule has 0 radical (unpaired) electrons. The fraction of sp³-hybridized carbons (Fsp3) is 0.235. The van der Waals surface area contributed by atoms with Gasteiger partial charge in [0.2, 0.25) is 0 Å². The number of hydrogen-bond acceptors (Lipinski definition) is 2. The molecule has 0 fully saturated rings. The molecule has 0 aliphatic carbocycles. The Morgan fingerprint density at radius 2 is 1.28 bits per heavy atom. The first-order valence-corrected chi connectivity index (χ1v) is 7.54. The first kappa shape index (κ1) is 20.6. The summed E-state index contributed by atoms with van der Waals surface area (Å²) in [6.45, 7) is 0.